The van der Waals surface area contributed by atoms with Crippen LogP contribution < -0.4 is 20.1 Å². The lowest BCUT2D eigenvalue weighted by Gasteiger charge is -2.23. The fourth-order valence-electron chi connectivity index (χ4n) is 2.95. The highest BCUT2D eigenvalue weighted by Gasteiger charge is 2.22. The zero-order chi connectivity index (χ0) is 20.4. The van der Waals surface area contributed by atoms with Crippen LogP contribution in [0.2, 0.25) is 0 Å². The summed E-state index contributed by atoms with van der Waals surface area (Å²) in [7, 11) is 0. The zero-order valence-electron chi connectivity index (χ0n) is 16.4. The SMILES string of the molecule is CCOc1ccccc1OCC(=O)OC(C)C(=O)NC(=O)NC1CCCCC1. The van der Waals surface area contributed by atoms with Crippen molar-refractivity contribution in [1.82, 2.24) is 10.6 Å². The molecule has 3 amide bonds. The molecule has 1 aromatic carbocycles. The van der Waals surface area contributed by atoms with Gasteiger partial charge in [-0.25, -0.2) is 9.59 Å². The molecule has 1 aromatic rings. The number of para-hydroxylation sites is 2. The molecular weight excluding hydrogens is 364 g/mol. The summed E-state index contributed by atoms with van der Waals surface area (Å²) in [6.45, 7) is 3.33. The van der Waals surface area contributed by atoms with Gasteiger partial charge in [-0.2, -0.15) is 0 Å². The quantitative estimate of drug-likeness (QED) is 0.659. The number of ether oxygens (including phenoxy) is 3. The second-order valence-corrected chi connectivity index (χ2v) is 6.60. The number of amides is 3. The number of urea groups is 1. The fourth-order valence-corrected chi connectivity index (χ4v) is 2.95. The lowest BCUT2D eigenvalue weighted by atomic mass is 9.96. The standard InChI is InChI=1S/C20H28N2O6/c1-3-26-16-11-7-8-12-17(16)27-13-18(23)28-14(2)19(24)22-20(25)21-15-9-5-4-6-10-15/h7-8,11-12,14-15H,3-6,9-10,13H2,1-2H3,(H2,21,22,24,25). The van der Waals surface area contributed by atoms with Crippen LogP contribution >= 0.6 is 0 Å². The number of hydrogen-bond donors (Lipinski definition) is 2. The van der Waals surface area contributed by atoms with Gasteiger partial charge in [0.2, 0.25) is 0 Å². The Labute approximate surface area is 164 Å². The van der Waals surface area contributed by atoms with E-state index in [-0.39, 0.29) is 12.6 Å². The molecule has 8 nitrogen and oxygen atoms in total. The molecule has 28 heavy (non-hydrogen) atoms. The smallest absolute Gasteiger partial charge is 0.344 e. The van der Waals surface area contributed by atoms with Gasteiger partial charge in [-0.05, 0) is 38.8 Å². The van der Waals surface area contributed by atoms with Crippen LogP contribution in [0.3, 0.4) is 0 Å². The summed E-state index contributed by atoms with van der Waals surface area (Å²) in [5, 5.41) is 4.98. The molecule has 0 spiro atoms. The number of carbonyl (C=O) groups excluding carboxylic acids is 3. The van der Waals surface area contributed by atoms with Gasteiger partial charge in [0.05, 0.1) is 6.61 Å². The Morgan fingerprint density at radius 2 is 1.71 bits per heavy atom. The maximum Gasteiger partial charge on any atom is 0.344 e. The molecule has 1 aliphatic rings. The van der Waals surface area contributed by atoms with E-state index in [1.165, 1.54) is 13.3 Å². The summed E-state index contributed by atoms with van der Waals surface area (Å²) in [5.41, 5.74) is 0. The van der Waals surface area contributed by atoms with Crippen LogP contribution in [0, 0.1) is 0 Å². The predicted octanol–water partition coefficient (Wildman–Crippen LogP) is 2.55. The van der Waals surface area contributed by atoms with Gasteiger partial charge in [0.1, 0.15) is 0 Å². The van der Waals surface area contributed by atoms with Gasteiger partial charge in [0, 0.05) is 6.04 Å². The molecule has 0 bridgehead atoms. The molecule has 0 aromatic heterocycles. The summed E-state index contributed by atoms with van der Waals surface area (Å²) < 4.78 is 15.8. The van der Waals surface area contributed by atoms with E-state index in [4.69, 9.17) is 14.2 Å². The molecule has 154 valence electrons. The zero-order valence-corrected chi connectivity index (χ0v) is 16.4. The number of esters is 1. The second kappa shape index (κ2) is 11.2. The van der Waals surface area contributed by atoms with E-state index in [2.05, 4.69) is 10.6 Å². The minimum absolute atomic E-state index is 0.0817. The van der Waals surface area contributed by atoms with Crippen molar-refractivity contribution in [3.63, 3.8) is 0 Å². The van der Waals surface area contributed by atoms with E-state index in [1.54, 1.807) is 24.3 Å². The fraction of sp³-hybridized carbons (Fsp3) is 0.550. The average Bonchev–Trinajstić information content (AvgIpc) is 2.68. The minimum Gasteiger partial charge on any atom is -0.490 e. The first kappa shape index (κ1) is 21.5. The third-order valence-electron chi connectivity index (χ3n) is 4.35. The van der Waals surface area contributed by atoms with E-state index in [1.807, 2.05) is 6.92 Å². The van der Waals surface area contributed by atoms with Crippen molar-refractivity contribution in [2.45, 2.75) is 58.1 Å². The lowest BCUT2D eigenvalue weighted by molar-refractivity contribution is -0.156. The molecule has 2 rings (SSSR count). The van der Waals surface area contributed by atoms with Crippen molar-refractivity contribution >= 4 is 17.9 Å². The largest absolute Gasteiger partial charge is 0.490 e. The van der Waals surface area contributed by atoms with Crippen LogP contribution in [-0.4, -0.2) is 43.3 Å². The highest BCUT2D eigenvalue weighted by molar-refractivity contribution is 5.97. The average molecular weight is 392 g/mol. The molecule has 0 aliphatic heterocycles. The van der Waals surface area contributed by atoms with Gasteiger partial charge in [0.25, 0.3) is 5.91 Å². The van der Waals surface area contributed by atoms with E-state index < -0.39 is 24.0 Å². The van der Waals surface area contributed by atoms with Crippen molar-refractivity contribution in [3.05, 3.63) is 24.3 Å². The summed E-state index contributed by atoms with van der Waals surface area (Å²) in [4.78, 5) is 35.9. The number of rotatable bonds is 8. The molecule has 8 heteroatoms. The minimum atomic E-state index is -1.12. The molecule has 1 fully saturated rings. The van der Waals surface area contributed by atoms with Crippen LogP contribution in [-0.2, 0) is 14.3 Å². The van der Waals surface area contributed by atoms with E-state index in [0.717, 1.165) is 25.7 Å². The van der Waals surface area contributed by atoms with Gasteiger partial charge >= 0.3 is 12.0 Å². The van der Waals surface area contributed by atoms with Gasteiger partial charge in [-0.3, -0.25) is 10.1 Å². The molecule has 1 saturated carbocycles. The van der Waals surface area contributed by atoms with Crippen molar-refractivity contribution in [3.8, 4) is 11.5 Å². The Hall–Kier alpha value is -2.77. The van der Waals surface area contributed by atoms with Gasteiger partial charge in [-0.1, -0.05) is 31.4 Å². The van der Waals surface area contributed by atoms with Gasteiger partial charge < -0.3 is 19.5 Å². The Kier molecular flexibility index (Phi) is 8.58. The summed E-state index contributed by atoms with van der Waals surface area (Å²) >= 11 is 0. The first-order valence-corrected chi connectivity index (χ1v) is 9.65. The lowest BCUT2D eigenvalue weighted by Crippen LogP contribution is -2.48. The van der Waals surface area contributed by atoms with Crippen LogP contribution in [0.4, 0.5) is 4.79 Å². The maximum absolute atomic E-state index is 12.0. The van der Waals surface area contributed by atoms with Gasteiger partial charge in [-0.15, -0.1) is 0 Å². The Bertz CT molecular complexity index is 672. The number of imide groups is 1. The number of nitrogens with one attached hydrogen (secondary N) is 2. The van der Waals surface area contributed by atoms with E-state index in [0.29, 0.717) is 18.1 Å². The first-order chi connectivity index (χ1) is 13.5. The third-order valence-corrected chi connectivity index (χ3v) is 4.35. The molecule has 1 aliphatic carbocycles. The van der Waals surface area contributed by atoms with Crippen molar-refractivity contribution in [2.24, 2.45) is 0 Å². The highest BCUT2D eigenvalue weighted by Crippen LogP contribution is 2.26. The topological polar surface area (TPSA) is 103 Å². The van der Waals surface area contributed by atoms with Crippen molar-refractivity contribution < 1.29 is 28.6 Å². The molecule has 1 atom stereocenters. The Morgan fingerprint density at radius 3 is 2.36 bits per heavy atom. The molecule has 0 radical (unpaired) electrons. The molecule has 1 unspecified atom stereocenters. The molecule has 0 heterocycles. The van der Waals surface area contributed by atoms with Crippen molar-refractivity contribution in [2.75, 3.05) is 13.2 Å². The van der Waals surface area contributed by atoms with E-state index >= 15 is 0 Å². The Morgan fingerprint density at radius 1 is 1.07 bits per heavy atom. The third kappa shape index (κ3) is 7.09. The van der Waals surface area contributed by atoms with Crippen LogP contribution in [0.5, 0.6) is 11.5 Å². The normalized spacial score (nSPS) is 15.2. The second-order valence-electron chi connectivity index (χ2n) is 6.60. The molecule has 2 N–H and O–H groups in total. The first-order valence-electron chi connectivity index (χ1n) is 9.65. The number of hydrogen-bond acceptors (Lipinski definition) is 6. The van der Waals surface area contributed by atoms with Crippen molar-refractivity contribution in [1.29, 1.82) is 0 Å². The summed E-state index contributed by atoms with van der Waals surface area (Å²) in [5.74, 6) is -0.480. The number of carbonyl (C=O) groups is 3. The van der Waals surface area contributed by atoms with E-state index in [9.17, 15) is 14.4 Å². The molecular formula is C20H28N2O6. The summed E-state index contributed by atoms with van der Waals surface area (Å²) in [6, 6.07) is 6.46. The Balaban J connectivity index is 1.73. The monoisotopic (exact) mass is 392 g/mol. The van der Waals surface area contributed by atoms with Crippen LogP contribution in [0.15, 0.2) is 24.3 Å². The van der Waals surface area contributed by atoms with Crippen LogP contribution in [0.25, 0.3) is 0 Å². The summed E-state index contributed by atoms with van der Waals surface area (Å²) in [6.07, 6.45) is 4.01. The van der Waals surface area contributed by atoms with Gasteiger partial charge in [0.15, 0.2) is 24.2 Å². The predicted molar refractivity (Wildman–Crippen MR) is 102 cm³/mol. The highest BCUT2D eigenvalue weighted by atomic mass is 16.6. The molecule has 0 saturated heterocycles. The number of benzene rings is 1. The maximum atomic E-state index is 12.0. The van der Waals surface area contributed by atoms with Crippen LogP contribution in [0.1, 0.15) is 46.0 Å².